The van der Waals surface area contributed by atoms with Crippen molar-refractivity contribution in [3.63, 3.8) is 0 Å². The van der Waals surface area contributed by atoms with Crippen LogP contribution in [0, 0.1) is 6.92 Å². The second-order valence-electron chi connectivity index (χ2n) is 4.57. The van der Waals surface area contributed by atoms with Crippen LogP contribution < -0.4 is 20.1 Å². The maximum Gasteiger partial charge on any atom is 0.231 e. The number of fused-ring (bicyclic) bond motifs is 1. The van der Waals surface area contributed by atoms with E-state index in [-0.39, 0.29) is 6.79 Å². The molecule has 2 heterocycles. The molecule has 0 unspecified atom stereocenters. The first kappa shape index (κ1) is 11.7. The van der Waals surface area contributed by atoms with Crippen LogP contribution in [0.5, 0.6) is 11.5 Å². The van der Waals surface area contributed by atoms with E-state index in [4.69, 9.17) is 19.7 Å². The van der Waals surface area contributed by atoms with Crippen molar-refractivity contribution in [2.45, 2.75) is 13.5 Å². The molecule has 0 bridgehead atoms. The molecule has 19 heavy (non-hydrogen) atoms. The summed E-state index contributed by atoms with van der Waals surface area (Å²) >= 11 is 0. The number of rotatable bonds is 3. The number of aryl methyl sites for hydroxylation is 1. The van der Waals surface area contributed by atoms with Crippen molar-refractivity contribution in [1.29, 1.82) is 0 Å². The molecule has 1 aromatic heterocycles. The summed E-state index contributed by atoms with van der Waals surface area (Å²) < 4.78 is 15.9. The van der Waals surface area contributed by atoms with Gasteiger partial charge in [0, 0.05) is 24.9 Å². The molecule has 0 amide bonds. The second kappa shape index (κ2) is 4.38. The molecule has 2 aromatic rings. The van der Waals surface area contributed by atoms with Crippen molar-refractivity contribution in [3.05, 3.63) is 29.5 Å². The molecule has 1 aliphatic heterocycles. The third-order valence-electron chi connectivity index (χ3n) is 3.07. The first-order valence-electron chi connectivity index (χ1n) is 5.96. The summed E-state index contributed by atoms with van der Waals surface area (Å²) in [4.78, 5) is 2.05. The van der Waals surface area contributed by atoms with Gasteiger partial charge >= 0.3 is 0 Å². The highest BCUT2D eigenvalue weighted by Crippen LogP contribution is 2.38. The Kier molecular flexibility index (Phi) is 2.70. The molecule has 3 rings (SSSR count). The van der Waals surface area contributed by atoms with Gasteiger partial charge in [0.1, 0.15) is 0 Å². The quantitative estimate of drug-likeness (QED) is 0.910. The SMILES string of the molecule is Cc1cc2c(cc1N(C)Cc1cc(N)no1)OCO2. The summed E-state index contributed by atoms with van der Waals surface area (Å²) in [7, 11) is 1.98. The van der Waals surface area contributed by atoms with Gasteiger partial charge in [-0.05, 0) is 18.6 Å². The third kappa shape index (κ3) is 2.16. The van der Waals surface area contributed by atoms with Crippen LogP contribution in [0.4, 0.5) is 11.5 Å². The summed E-state index contributed by atoms with van der Waals surface area (Å²) in [5.41, 5.74) is 7.70. The summed E-state index contributed by atoms with van der Waals surface area (Å²) in [6.45, 7) is 2.90. The Morgan fingerprint density at radius 2 is 2.00 bits per heavy atom. The van der Waals surface area contributed by atoms with Gasteiger partial charge in [0.25, 0.3) is 0 Å². The van der Waals surface area contributed by atoms with Gasteiger partial charge in [0.2, 0.25) is 6.79 Å². The zero-order valence-corrected chi connectivity index (χ0v) is 10.8. The normalized spacial score (nSPS) is 12.7. The van der Waals surface area contributed by atoms with E-state index in [0.717, 1.165) is 28.5 Å². The van der Waals surface area contributed by atoms with Gasteiger partial charge in [-0.2, -0.15) is 0 Å². The largest absolute Gasteiger partial charge is 0.454 e. The molecule has 6 nitrogen and oxygen atoms in total. The van der Waals surface area contributed by atoms with Crippen molar-refractivity contribution < 1.29 is 14.0 Å². The van der Waals surface area contributed by atoms with Crippen LogP contribution >= 0.6 is 0 Å². The lowest BCUT2D eigenvalue weighted by Crippen LogP contribution is -2.17. The van der Waals surface area contributed by atoms with Crippen molar-refractivity contribution in [2.75, 3.05) is 24.5 Å². The lowest BCUT2D eigenvalue weighted by molar-refractivity contribution is 0.174. The van der Waals surface area contributed by atoms with Crippen molar-refractivity contribution in [1.82, 2.24) is 5.16 Å². The number of nitrogen functional groups attached to an aromatic ring is 1. The first-order chi connectivity index (χ1) is 9.13. The Labute approximate surface area is 110 Å². The van der Waals surface area contributed by atoms with Gasteiger partial charge in [-0.3, -0.25) is 0 Å². The number of benzene rings is 1. The summed E-state index contributed by atoms with van der Waals surface area (Å²) in [6.07, 6.45) is 0. The Morgan fingerprint density at radius 3 is 2.68 bits per heavy atom. The molecule has 2 N–H and O–H groups in total. The van der Waals surface area contributed by atoms with E-state index in [9.17, 15) is 0 Å². The van der Waals surface area contributed by atoms with Crippen molar-refractivity contribution in [2.24, 2.45) is 0 Å². The standard InChI is InChI=1S/C13H15N3O3/c1-8-3-11-12(18-7-17-11)5-10(8)16(2)6-9-4-13(14)15-19-9/h3-5H,6-7H2,1-2H3,(H2,14,15). The number of nitrogens with zero attached hydrogens (tertiary/aromatic N) is 2. The summed E-state index contributed by atoms with van der Waals surface area (Å²) in [5.74, 6) is 2.67. The summed E-state index contributed by atoms with van der Waals surface area (Å²) in [6, 6.07) is 5.67. The Bertz CT molecular complexity index is 609. The smallest absolute Gasteiger partial charge is 0.231 e. The van der Waals surface area contributed by atoms with Crippen LogP contribution in [-0.2, 0) is 6.54 Å². The van der Waals surface area contributed by atoms with Gasteiger partial charge in [-0.15, -0.1) is 0 Å². The predicted molar refractivity (Wildman–Crippen MR) is 70.3 cm³/mol. The fourth-order valence-electron chi connectivity index (χ4n) is 2.17. The molecule has 1 aromatic carbocycles. The van der Waals surface area contributed by atoms with Crippen LogP contribution in [0.15, 0.2) is 22.7 Å². The van der Waals surface area contributed by atoms with E-state index in [2.05, 4.69) is 10.1 Å². The maximum atomic E-state index is 5.54. The van der Waals surface area contributed by atoms with E-state index < -0.39 is 0 Å². The molecule has 0 fully saturated rings. The molecule has 0 atom stereocenters. The molecule has 0 spiro atoms. The Hall–Kier alpha value is -2.37. The van der Waals surface area contributed by atoms with Gasteiger partial charge < -0.3 is 24.6 Å². The molecule has 0 saturated heterocycles. The molecule has 0 aliphatic carbocycles. The van der Waals surface area contributed by atoms with Crippen LogP contribution in [0.1, 0.15) is 11.3 Å². The van der Waals surface area contributed by atoms with E-state index in [1.165, 1.54) is 0 Å². The maximum absolute atomic E-state index is 5.54. The van der Waals surface area contributed by atoms with Crippen molar-refractivity contribution in [3.8, 4) is 11.5 Å². The van der Waals surface area contributed by atoms with Crippen LogP contribution in [-0.4, -0.2) is 19.0 Å². The van der Waals surface area contributed by atoms with Gasteiger partial charge in [0.05, 0.1) is 6.54 Å². The lowest BCUT2D eigenvalue weighted by atomic mass is 10.1. The average molecular weight is 261 g/mol. The highest BCUT2D eigenvalue weighted by atomic mass is 16.7. The monoisotopic (exact) mass is 261 g/mol. The molecule has 6 heteroatoms. The average Bonchev–Trinajstić information content (AvgIpc) is 2.96. The molecular weight excluding hydrogens is 246 g/mol. The first-order valence-corrected chi connectivity index (χ1v) is 5.96. The van der Waals surface area contributed by atoms with Crippen LogP contribution in [0.3, 0.4) is 0 Å². The summed E-state index contributed by atoms with van der Waals surface area (Å²) in [5, 5.41) is 3.68. The topological polar surface area (TPSA) is 73.8 Å². The number of hydrogen-bond donors (Lipinski definition) is 1. The number of nitrogens with two attached hydrogens (primary N) is 1. The van der Waals surface area contributed by atoms with Crippen molar-refractivity contribution >= 4 is 11.5 Å². The Morgan fingerprint density at radius 1 is 1.26 bits per heavy atom. The molecular formula is C13H15N3O3. The minimum atomic E-state index is 0.278. The zero-order valence-electron chi connectivity index (χ0n) is 10.8. The van der Waals surface area contributed by atoms with Gasteiger partial charge in [0.15, 0.2) is 23.1 Å². The molecule has 100 valence electrons. The number of ether oxygens (including phenoxy) is 2. The van der Waals surface area contributed by atoms with E-state index in [1.807, 2.05) is 26.1 Å². The minimum Gasteiger partial charge on any atom is -0.454 e. The van der Waals surface area contributed by atoms with E-state index >= 15 is 0 Å². The van der Waals surface area contributed by atoms with E-state index in [1.54, 1.807) is 6.07 Å². The third-order valence-corrected chi connectivity index (χ3v) is 3.07. The lowest BCUT2D eigenvalue weighted by Gasteiger charge is -2.20. The number of hydrogen-bond acceptors (Lipinski definition) is 6. The van der Waals surface area contributed by atoms with Crippen LogP contribution in [0.2, 0.25) is 0 Å². The van der Waals surface area contributed by atoms with E-state index in [0.29, 0.717) is 12.4 Å². The predicted octanol–water partition coefficient (Wildman–Crippen LogP) is 1.93. The molecule has 0 radical (unpaired) electrons. The minimum absolute atomic E-state index is 0.278. The number of aromatic nitrogens is 1. The van der Waals surface area contributed by atoms with Crippen LogP contribution in [0.25, 0.3) is 0 Å². The highest BCUT2D eigenvalue weighted by molar-refractivity contribution is 5.62. The van der Waals surface area contributed by atoms with Gasteiger partial charge in [-0.1, -0.05) is 5.16 Å². The molecule has 0 saturated carbocycles. The second-order valence-corrected chi connectivity index (χ2v) is 4.57. The Balaban J connectivity index is 1.85. The zero-order chi connectivity index (χ0) is 13.4. The fraction of sp³-hybridized carbons (Fsp3) is 0.308. The highest BCUT2D eigenvalue weighted by Gasteiger charge is 2.18. The number of anilines is 2. The van der Waals surface area contributed by atoms with Gasteiger partial charge in [-0.25, -0.2) is 0 Å². The molecule has 1 aliphatic rings. The fourth-order valence-corrected chi connectivity index (χ4v) is 2.17.